The van der Waals surface area contributed by atoms with Gasteiger partial charge in [-0.2, -0.15) is 0 Å². The second kappa shape index (κ2) is 4.35. The number of hydrogen-bond donors (Lipinski definition) is 1. The van der Waals surface area contributed by atoms with E-state index < -0.39 is 0 Å². The van der Waals surface area contributed by atoms with Crippen molar-refractivity contribution in [2.45, 2.75) is 32.7 Å². The maximum absolute atomic E-state index is 3.41. The molecule has 0 aliphatic heterocycles. The van der Waals surface area contributed by atoms with Gasteiger partial charge in [0.1, 0.15) is 0 Å². The highest BCUT2D eigenvalue weighted by molar-refractivity contribution is 5.21. The van der Waals surface area contributed by atoms with E-state index >= 15 is 0 Å². The van der Waals surface area contributed by atoms with Gasteiger partial charge in [0.05, 0.1) is 0 Å². The molecule has 0 aromatic heterocycles. The summed E-state index contributed by atoms with van der Waals surface area (Å²) in [6, 6.07) is 0.560. The molecule has 0 aromatic carbocycles. The molecule has 11 heavy (non-hydrogen) atoms. The van der Waals surface area contributed by atoms with Crippen molar-refractivity contribution in [2.24, 2.45) is 0 Å². The fraction of sp³-hybridized carbons (Fsp3) is 0.600. The van der Waals surface area contributed by atoms with E-state index in [0.29, 0.717) is 6.04 Å². The van der Waals surface area contributed by atoms with Crippen LogP contribution in [0.25, 0.3) is 0 Å². The average molecular weight is 151 g/mol. The Morgan fingerprint density at radius 1 is 1.64 bits per heavy atom. The van der Waals surface area contributed by atoms with Gasteiger partial charge in [0.25, 0.3) is 0 Å². The summed E-state index contributed by atoms with van der Waals surface area (Å²) in [5, 5.41) is 3.41. The Hall–Kier alpha value is -0.560. The SMILES string of the molecule is CCNC(C)C1=CC=CCC1. The minimum atomic E-state index is 0.560. The third kappa shape index (κ3) is 2.51. The second-order valence-corrected chi connectivity index (χ2v) is 2.99. The summed E-state index contributed by atoms with van der Waals surface area (Å²) < 4.78 is 0. The van der Waals surface area contributed by atoms with Gasteiger partial charge in [-0.05, 0) is 26.3 Å². The van der Waals surface area contributed by atoms with E-state index in [9.17, 15) is 0 Å². The summed E-state index contributed by atoms with van der Waals surface area (Å²) in [4.78, 5) is 0. The maximum atomic E-state index is 3.41. The zero-order chi connectivity index (χ0) is 8.10. The fourth-order valence-corrected chi connectivity index (χ4v) is 1.42. The van der Waals surface area contributed by atoms with Gasteiger partial charge in [-0.1, -0.05) is 30.7 Å². The molecular weight excluding hydrogens is 134 g/mol. The lowest BCUT2D eigenvalue weighted by Crippen LogP contribution is -2.27. The predicted molar refractivity (Wildman–Crippen MR) is 49.6 cm³/mol. The summed E-state index contributed by atoms with van der Waals surface area (Å²) in [7, 11) is 0. The molecule has 0 fully saturated rings. The second-order valence-electron chi connectivity index (χ2n) is 2.99. The van der Waals surface area contributed by atoms with E-state index in [-0.39, 0.29) is 0 Å². The zero-order valence-corrected chi connectivity index (χ0v) is 7.43. The van der Waals surface area contributed by atoms with Gasteiger partial charge in [0.2, 0.25) is 0 Å². The lowest BCUT2D eigenvalue weighted by atomic mass is 9.99. The molecule has 1 nitrogen and oxygen atoms in total. The zero-order valence-electron chi connectivity index (χ0n) is 7.43. The highest BCUT2D eigenvalue weighted by Crippen LogP contribution is 2.14. The lowest BCUT2D eigenvalue weighted by molar-refractivity contribution is 0.611. The van der Waals surface area contributed by atoms with Crippen LogP contribution in [-0.4, -0.2) is 12.6 Å². The highest BCUT2D eigenvalue weighted by Gasteiger charge is 2.06. The van der Waals surface area contributed by atoms with Gasteiger partial charge in [0, 0.05) is 6.04 Å². The normalized spacial score (nSPS) is 19.6. The van der Waals surface area contributed by atoms with Crippen molar-refractivity contribution in [3.63, 3.8) is 0 Å². The van der Waals surface area contributed by atoms with Crippen LogP contribution in [0.15, 0.2) is 23.8 Å². The summed E-state index contributed by atoms with van der Waals surface area (Å²) in [6.45, 7) is 5.44. The Bertz CT molecular complexity index is 168. The Kier molecular flexibility index (Phi) is 3.37. The first-order chi connectivity index (χ1) is 5.34. The van der Waals surface area contributed by atoms with Gasteiger partial charge in [-0.15, -0.1) is 0 Å². The van der Waals surface area contributed by atoms with Crippen LogP contribution in [0, 0.1) is 0 Å². The average Bonchev–Trinajstić information content (AvgIpc) is 2.07. The van der Waals surface area contributed by atoms with Crippen LogP contribution in [0.5, 0.6) is 0 Å². The van der Waals surface area contributed by atoms with Crippen LogP contribution in [0.3, 0.4) is 0 Å². The molecule has 0 radical (unpaired) electrons. The number of rotatable bonds is 3. The van der Waals surface area contributed by atoms with Gasteiger partial charge >= 0.3 is 0 Å². The molecule has 1 N–H and O–H groups in total. The maximum Gasteiger partial charge on any atom is 0.0254 e. The van der Waals surface area contributed by atoms with Crippen molar-refractivity contribution in [3.05, 3.63) is 23.8 Å². The Labute approximate surface area is 69.2 Å². The first-order valence-corrected chi connectivity index (χ1v) is 4.43. The minimum Gasteiger partial charge on any atom is -0.311 e. The van der Waals surface area contributed by atoms with Crippen molar-refractivity contribution < 1.29 is 0 Å². The summed E-state index contributed by atoms with van der Waals surface area (Å²) in [6.07, 6.45) is 9.05. The Morgan fingerprint density at radius 2 is 2.45 bits per heavy atom. The summed E-state index contributed by atoms with van der Waals surface area (Å²) >= 11 is 0. The molecule has 1 unspecified atom stereocenters. The molecule has 0 saturated carbocycles. The minimum absolute atomic E-state index is 0.560. The Morgan fingerprint density at radius 3 is 3.00 bits per heavy atom. The third-order valence-corrected chi connectivity index (χ3v) is 2.11. The number of hydrogen-bond acceptors (Lipinski definition) is 1. The molecule has 1 atom stereocenters. The molecular formula is C10H17N. The Balaban J connectivity index is 2.44. The summed E-state index contributed by atoms with van der Waals surface area (Å²) in [5.41, 5.74) is 1.54. The van der Waals surface area contributed by atoms with Crippen LogP contribution in [0.1, 0.15) is 26.7 Å². The third-order valence-electron chi connectivity index (χ3n) is 2.11. The van der Waals surface area contributed by atoms with E-state index in [2.05, 4.69) is 37.4 Å². The molecule has 1 aliphatic rings. The van der Waals surface area contributed by atoms with Crippen LogP contribution < -0.4 is 5.32 Å². The molecule has 0 spiro atoms. The van der Waals surface area contributed by atoms with Crippen molar-refractivity contribution in [1.29, 1.82) is 0 Å². The van der Waals surface area contributed by atoms with Crippen LogP contribution in [0.4, 0.5) is 0 Å². The summed E-state index contributed by atoms with van der Waals surface area (Å²) in [5.74, 6) is 0. The van der Waals surface area contributed by atoms with Crippen molar-refractivity contribution in [3.8, 4) is 0 Å². The molecule has 0 heterocycles. The first kappa shape index (κ1) is 8.54. The molecule has 1 aliphatic carbocycles. The quantitative estimate of drug-likeness (QED) is 0.652. The molecule has 0 aromatic rings. The first-order valence-electron chi connectivity index (χ1n) is 4.43. The van der Waals surface area contributed by atoms with Crippen molar-refractivity contribution in [1.82, 2.24) is 5.32 Å². The molecule has 0 amide bonds. The topological polar surface area (TPSA) is 12.0 Å². The van der Waals surface area contributed by atoms with Gasteiger partial charge in [0.15, 0.2) is 0 Å². The van der Waals surface area contributed by atoms with E-state index in [0.717, 1.165) is 6.54 Å². The van der Waals surface area contributed by atoms with Crippen molar-refractivity contribution in [2.75, 3.05) is 6.54 Å². The molecule has 1 rings (SSSR count). The molecule has 0 bridgehead atoms. The number of allylic oxidation sites excluding steroid dienone is 3. The monoisotopic (exact) mass is 151 g/mol. The van der Waals surface area contributed by atoms with Crippen molar-refractivity contribution >= 4 is 0 Å². The molecule has 62 valence electrons. The lowest BCUT2D eigenvalue weighted by Gasteiger charge is -2.17. The van der Waals surface area contributed by atoms with Crippen LogP contribution in [-0.2, 0) is 0 Å². The van der Waals surface area contributed by atoms with Gasteiger partial charge in [-0.25, -0.2) is 0 Å². The van der Waals surface area contributed by atoms with E-state index in [1.165, 1.54) is 18.4 Å². The fourth-order valence-electron chi connectivity index (χ4n) is 1.42. The largest absolute Gasteiger partial charge is 0.311 e. The standard InChI is InChI=1S/C10H17N/c1-3-11-9(2)10-7-5-4-6-8-10/h4-5,7,9,11H,3,6,8H2,1-2H3. The van der Waals surface area contributed by atoms with Gasteiger partial charge in [-0.3, -0.25) is 0 Å². The van der Waals surface area contributed by atoms with Crippen LogP contribution >= 0.6 is 0 Å². The van der Waals surface area contributed by atoms with E-state index in [4.69, 9.17) is 0 Å². The number of nitrogens with one attached hydrogen (secondary N) is 1. The predicted octanol–water partition coefficient (Wildman–Crippen LogP) is 2.26. The molecule has 0 saturated heterocycles. The number of likely N-dealkylation sites (N-methyl/N-ethyl adjacent to an activating group) is 1. The van der Waals surface area contributed by atoms with E-state index in [1.807, 2.05) is 0 Å². The van der Waals surface area contributed by atoms with E-state index in [1.54, 1.807) is 0 Å². The molecule has 1 heteroatoms. The van der Waals surface area contributed by atoms with Gasteiger partial charge < -0.3 is 5.32 Å². The van der Waals surface area contributed by atoms with Crippen LogP contribution in [0.2, 0.25) is 0 Å². The smallest absolute Gasteiger partial charge is 0.0254 e. The highest BCUT2D eigenvalue weighted by atomic mass is 14.9.